The van der Waals surface area contributed by atoms with Crippen LogP contribution in [0.4, 0.5) is 5.82 Å². The summed E-state index contributed by atoms with van der Waals surface area (Å²) in [6.45, 7) is 26.4. The number of amides is 1. The average Bonchev–Trinajstić information content (AvgIpc) is 3.13. The molecule has 0 bridgehead atoms. The number of nitrogens with one attached hydrogen (secondary N) is 1. The molecule has 0 unspecified atom stereocenters. The summed E-state index contributed by atoms with van der Waals surface area (Å²) in [5, 5.41) is 2.16. The second-order valence-corrected chi connectivity index (χ2v) is 24.8. The molecule has 0 aliphatic carbocycles. The molecule has 0 radical (unpaired) electrons. The molecule has 1 amide bonds. The third-order valence-corrected chi connectivity index (χ3v) is 18.7. The van der Waals surface area contributed by atoms with Crippen LogP contribution < -0.4 is 11.0 Å². The van der Waals surface area contributed by atoms with Crippen molar-refractivity contribution in [2.75, 3.05) is 11.9 Å². The summed E-state index contributed by atoms with van der Waals surface area (Å²) in [5.41, 5.74) is -1.08. The molecular weight excluding hydrogens is 567 g/mol. The fourth-order valence-corrected chi connectivity index (χ4v) is 12.8. The van der Waals surface area contributed by atoms with Crippen molar-refractivity contribution in [3.05, 3.63) is 58.6 Å². The van der Waals surface area contributed by atoms with Gasteiger partial charge in [0.1, 0.15) is 23.6 Å². The number of hydrogen-bond acceptors (Lipinski definition) is 7. The quantitative estimate of drug-likeness (QED) is 0.377. The summed E-state index contributed by atoms with van der Waals surface area (Å²) in [5.74, 6) is -0.176. The maximum absolute atomic E-state index is 13.6. The van der Waals surface area contributed by atoms with Crippen molar-refractivity contribution in [1.29, 1.82) is 0 Å². The Balaban J connectivity index is 1.76. The highest BCUT2D eigenvalue weighted by molar-refractivity contribution is 6.74. The van der Waals surface area contributed by atoms with Gasteiger partial charge in [-0.1, -0.05) is 80.5 Å². The molecule has 4 atom stereocenters. The second kappa shape index (κ2) is 10.8. The Morgan fingerprint density at radius 3 is 2.17 bits per heavy atom. The Morgan fingerprint density at radius 1 is 1.05 bits per heavy atom. The van der Waals surface area contributed by atoms with E-state index in [2.05, 4.69) is 85.7 Å². The van der Waals surface area contributed by atoms with Crippen molar-refractivity contribution < 1.29 is 22.8 Å². The second-order valence-electron chi connectivity index (χ2n) is 15.4. The van der Waals surface area contributed by atoms with E-state index in [-0.39, 0.29) is 26.8 Å². The molecule has 2 saturated heterocycles. The van der Waals surface area contributed by atoms with Gasteiger partial charge in [-0.25, -0.2) is 4.79 Å². The van der Waals surface area contributed by atoms with E-state index < -0.39 is 46.6 Å². The predicted octanol–water partition coefficient (Wildman–Crippen LogP) is 6.63. The molecule has 2 aromatic rings. The molecule has 42 heavy (non-hydrogen) atoms. The monoisotopic (exact) mass is 615 g/mol. The Morgan fingerprint density at radius 2 is 1.64 bits per heavy atom. The molecule has 11 heteroatoms. The first-order chi connectivity index (χ1) is 19.1. The van der Waals surface area contributed by atoms with Gasteiger partial charge in [-0.05, 0) is 43.3 Å². The molecule has 2 aliphatic rings. The van der Waals surface area contributed by atoms with Gasteiger partial charge in [-0.15, -0.1) is 0 Å². The number of rotatable bonds is 5. The summed E-state index contributed by atoms with van der Waals surface area (Å²) in [7, 11) is -5.28. The lowest BCUT2D eigenvalue weighted by Gasteiger charge is -2.55. The zero-order valence-electron chi connectivity index (χ0n) is 27.3. The molecule has 2 fully saturated rings. The molecule has 232 valence electrons. The summed E-state index contributed by atoms with van der Waals surface area (Å²) >= 11 is 0. The van der Waals surface area contributed by atoms with Gasteiger partial charge in [0, 0.05) is 21.8 Å². The van der Waals surface area contributed by atoms with E-state index in [0.717, 1.165) is 0 Å². The number of anilines is 1. The zero-order chi connectivity index (χ0) is 31.5. The topological polar surface area (TPSA) is 101 Å². The van der Waals surface area contributed by atoms with Crippen molar-refractivity contribution in [2.45, 2.75) is 121 Å². The fraction of sp³-hybridized carbons (Fsp3) is 0.645. The highest BCUT2D eigenvalue weighted by Gasteiger charge is 2.69. The Hall–Kier alpha value is -2.16. The van der Waals surface area contributed by atoms with Crippen LogP contribution in [0.5, 0.6) is 0 Å². The van der Waals surface area contributed by atoms with Crippen LogP contribution in [-0.4, -0.2) is 56.8 Å². The highest BCUT2D eigenvalue weighted by atomic mass is 28.4. The van der Waals surface area contributed by atoms with Gasteiger partial charge >= 0.3 is 14.3 Å². The Kier molecular flexibility index (Phi) is 8.40. The summed E-state index contributed by atoms with van der Waals surface area (Å²) in [6, 6.07) is 10.4. The van der Waals surface area contributed by atoms with Gasteiger partial charge in [-0.3, -0.25) is 9.36 Å². The van der Waals surface area contributed by atoms with Crippen LogP contribution in [0.1, 0.15) is 85.8 Å². The lowest BCUT2D eigenvalue weighted by Crippen LogP contribution is -2.68. The van der Waals surface area contributed by atoms with Gasteiger partial charge < -0.3 is 23.3 Å². The molecule has 1 N–H and O–H groups in total. The van der Waals surface area contributed by atoms with Gasteiger partial charge in [-0.2, -0.15) is 4.98 Å². The molecule has 9 nitrogen and oxygen atoms in total. The van der Waals surface area contributed by atoms with Crippen molar-refractivity contribution in [3.63, 3.8) is 0 Å². The molecule has 4 rings (SSSR count). The van der Waals surface area contributed by atoms with E-state index in [9.17, 15) is 9.59 Å². The first-order valence-electron chi connectivity index (χ1n) is 14.8. The summed E-state index contributed by atoms with van der Waals surface area (Å²) in [6.07, 6.45) is -0.0855. The lowest BCUT2D eigenvalue weighted by molar-refractivity contribution is -0.0872. The van der Waals surface area contributed by atoms with E-state index in [1.807, 2.05) is 13.0 Å². The number of aromatic nitrogens is 2. The van der Waals surface area contributed by atoms with Crippen LogP contribution in [0.2, 0.25) is 28.2 Å². The maximum Gasteiger partial charge on any atom is 0.351 e. The van der Waals surface area contributed by atoms with E-state index in [1.165, 1.54) is 4.57 Å². The minimum atomic E-state index is -2.88. The molecule has 1 aromatic carbocycles. The number of benzene rings is 1. The molecule has 3 heterocycles. The number of carbonyl (C=O) groups is 1. The predicted molar refractivity (Wildman–Crippen MR) is 169 cm³/mol. The van der Waals surface area contributed by atoms with E-state index in [0.29, 0.717) is 12.2 Å². The standard InChI is InChI=1S/C31H49N3O6Si2/c1-28(2,3)41(11,12)40-31(10)24-22(20-37-42(39-24,29(4,5)6)30(7,8)9)38-26(31)34-19-18-23(33-27(34)36)32-25(35)21-16-14-13-15-17-21/h13-19,22,24,26H,20H2,1-12H3,(H,32,33,35,36)/t22-,24-,26-,31-/m1/s1. The highest BCUT2D eigenvalue weighted by Crippen LogP contribution is 2.58. The number of nitrogens with zero attached hydrogens (tertiary/aromatic N) is 2. The first-order valence-corrected chi connectivity index (χ1v) is 19.5. The third kappa shape index (κ3) is 5.71. The van der Waals surface area contributed by atoms with Crippen molar-refractivity contribution >= 4 is 28.6 Å². The van der Waals surface area contributed by atoms with Crippen molar-refractivity contribution in [3.8, 4) is 0 Å². The van der Waals surface area contributed by atoms with Gasteiger partial charge in [0.2, 0.25) is 0 Å². The van der Waals surface area contributed by atoms with Crippen molar-refractivity contribution in [2.24, 2.45) is 0 Å². The minimum absolute atomic E-state index is 0.0961. The number of carbonyl (C=O) groups excluding carboxylic acids is 1. The summed E-state index contributed by atoms with van der Waals surface area (Å²) in [4.78, 5) is 30.5. The van der Waals surface area contributed by atoms with Crippen LogP contribution in [-0.2, 0) is 18.0 Å². The van der Waals surface area contributed by atoms with Crippen LogP contribution in [0.25, 0.3) is 0 Å². The number of ether oxygens (including phenoxy) is 1. The SMILES string of the molecule is CC(C)(C)[Si](C)(C)O[C@]1(C)[C@@H]2O[Si](C(C)(C)C)(C(C)(C)C)OC[C@H]2O[C@H]1n1ccc(NC(=O)c2ccccc2)nc1=O. The Labute approximate surface area is 252 Å². The normalized spacial score (nSPS) is 26.5. The van der Waals surface area contributed by atoms with Crippen LogP contribution >= 0.6 is 0 Å². The molecule has 2 aliphatic heterocycles. The first kappa shape index (κ1) is 32.8. The zero-order valence-corrected chi connectivity index (χ0v) is 29.3. The van der Waals surface area contributed by atoms with Crippen LogP contribution in [0, 0.1) is 0 Å². The molecular formula is C31H49N3O6Si2. The molecule has 0 spiro atoms. The van der Waals surface area contributed by atoms with E-state index >= 15 is 0 Å². The third-order valence-electron chi connectivity index (χ3n) is 9.06. The van der Waals surface area contributed by atoms with E-state index in [4.69, 9.17) is 18.0 Å². The molecule has 1 aromatic heterocycles. The van der Waals surface area contributed by atoms with E-state index in [1.54, 1.807) is 36.5 Å². The van der Waals surface area contributed by atoms with Crippen molar-refractivity contribution in [1.82, 2.24) is 9.55 Å². The van der Waals surface area contributed by atoms with Crippen LogP contribution in [0.3, 0.4) is 0 Å². The largest absolute Gasteiger partial charge is 0.404 e. The molecule has 0 saturated carbocycles. The summed E-state index contributed by atoms with van der Waals surface area (Å²) < 4.78 is 29.2. The maximum atomic E-state index is 13.6. The number of fused-ring (bicyclic) bond motifs is 1. The smallest absolute Gasteiger partial charge is 0.351 e. The average molecular weight is 616 g/mol. The minimum Gasteiger partial charge on any atom is -0.404 e. The van der Waals surface area contributed by atoms with Gasteiger partial charge in [0.25, 0.3) is 5.91 Å². The van der Waals surface area contributed by atoms with Gasteiger partial charge in [0.15, 0.2) is 14.5 Å². The van der Waals surface area contributed by atoms with Crippen LogP contribution in [0.15, 0.2) is 47.4 Å². The lowest BCUT2D eigenvalue weighted by atomic mass is 9.96. The Bertz CT molecular complexity index is 1350. The van der Waals surface area contributed by atoms with Gasteiger partial charge in [0.05, 0.1) is 6.61 Å². The number of hydrogen-bond donors (Lipinski definition) is 1. The fourth-order valence-electron chi connectivity index (χ4n) is 6.12.